The van der Waals surface area contributed by atoms with Gasteiger partial charge in [-0.2, -0.15) is 0 Å². The lowest BCUT2D eigenvalue weighted by atomic mass is 10.3. The molecule has 0 aliphatic rings. The summed E-state index contributed by atoms with van der Waals surface area (Å²) in [5.74, 6) is 0. The maximum atomic E-state index is 11.2. The monoisotopic (exact) mass is 217 g/mol. The molecule has 0 aromatic carbocycles. The molecular weight excluding hydrogens is 202 g/mol. The Morgan fingerprint density at radius 2 is 2.29 bits per heavy atom. The third kappa shape index (κ3) is 2.39. The van der Waals surface area contributed by atoms with Crippen molar-refractivity contribution in [2.24, 2.45) is 0 Å². The molecule has 0 radical (unpaired) electrons. The summed E-state index contributed by atoms with van der Waals surface area (Å²) in [6, 6.07) is 0. The normalized spacial score (nSPS) is 15.4. The summed E-state index contributed by atoms with van der Waals surface area (Å²) in [5.41, 5.74) is -0.201. The Kier molecular flexibility index (Phi) is 3.77. The summed E-state index contributed by atoms with van der Waals surface area (Å²) in [6.45, 7) is 6.09. The highest BCUT2D eigenvalue weighted by Crippen LogP contribution is 2.21. The van der Waals surface area contributed by atoms with E-state index in [0.29, 0.717) is 11.7 Å². The highest BCUT2D eigenvalue weighted by Gasteiger charge is 2.15. The number of hydrogen-bond acceptors (Lipinski definition) is 4. The Labute approximate surface area is 86.5 Å². The summed E-state index contributed by atoms with van der Waals surface area (Å²) in [6.07, 6.45) is -0.419. The molecule has 0 saturated heterocycles. The van der Waals surface area contributed by atoms with E-state index in [-0.39, 0.29) is 10.9 Å². The molecule has 0 bridgehead atoms. The molecule has 1 aromatic rings. The molecule has 0 aliphatic carbocycles. The van der Waals surface area contributed by atoms with Gasteiger partial charge in [0.15, 0.2) is 5.16 Å². The largest absolute Gasteiger partial charge is 0.392 e. The molecule has 1 aromatic heterocycles. The maximum absolute atomic E-state index is 11.2. The molecule has 1 heterocycles. The second-order valence-electron chi connectivity index (χ2n) is 3.12. The van der Waals surface area contributed by atoms with E-state index in [2.05, 4.69) is 10.2 Å². The zero-order valence-electron chi connectivity index (χ0n) is 8.52. The molecule has 0 aliphatic heterocycles. The Bertz CT molecular complexity index is 345. The fourth-order valence-electron chi connectivity index (χ4n) is 0.937. The van der Waals surface area contributed by atoms with Crippen LogP contribution in [0, 0.1) is 0 Å². The molecule has 14 heavy (non-hydrogen) atoms. The number of nitrogens with one attached hydrogen (secondary N) is 1. The van der Waals surface area contributed by atoms with Crippen molar-refractivity contribution in [1.29, 1.82) is 0 Å². The number of aromatic amines is 1. The van der Waals surface area contributed by atoms with Crippen molar-refractivity contribution < 1.29 is 5.11 Å². The van der Waals surface area contributed by atoms with Gasteiger partial charge in [-0.15, -0.1) is 5.10 Å². The molecule has 5 nitrogen and oxygen atoms in total. The molecule has 0 saturated carbocycles. The number of rotatable bonds is 4. The van der Waals surface area contributed by atoms with Gasteiger partial charge < -0.3 is 5.11 Å². The minimum atomic E-state index is -0.419. The van der Waals surface area contributed by atoms with Gasteiger partial charge in [0, 0.05) is 11.8 Å². The fourth-order valence-corrected chi connectivity index (χ4v) is 1.90. The zero-order valence-corrected chi connectivity index (χ0v) is 9.34. The molecular formula is C8H15N3O2S. The smallest absolute Gasteiger partial charge is 0.343 e. The van der Waals surface area contributed by atoms with Crippen molar-refractivity contribution in [2.75, 3.05) is 0 Å². The van der Waals surface area contributed by atoms with Crippen LogP contribution in [0.1, 0.15) is 20.8 Å². The van der Waals surface area contributed by atoms with Gasteiger partial charge in [-0.05, 0) is 13.8 Å². The van der Waals surface area contributed by atoms with E-state index in [1.807, 2.05) is 13.8 Å². The number of hydrogen-bond donors (Lipinski definition) is 2. The summed E-state index contributed by atoms with van der Waals surface area (Å²) in [5, 5.41) is 16.2. The molecule has 0 amide bonds. The lowest BCUT2D eigenvalue weighted by molar-refractivity contribution is 0.196. The number of aliphatic hydroxyl groups is 1. The van der Waals surface area contributed by atoms with Gasteiger partial charge in [-0.25, -0.2) is 9.89 Å². The number of aliphatic hydroxyl groups excluding tert-OH is 1. The minimum Gasteiger partial charge on any atom is -0.392 e. The van der Waals surface area contributed by atoms with Crippen LogP contribution in [-0.2, 0) is 6.54 Å². The predicted octanol–water partition coefficient (Wildman–Crippen LogP) is 0.453. The quantitative estimate of drug-likeness (QED) is 0.718. The van der Waals surface area contributed by atoms with E-state index in [1.165, 1.54) is 11.8 Å². The third-order valence-electron chi connectivity index (χ3n) is 2.01. The van der Waals surface area contributed by atoms with Crippen LogP contribution >= 0.6 is 11.8 Å². The van der Waals surface area contributed by atoms with Crippen molar-refractivity contribution in [3.8, 4) is 0 Å². The summed E-state index contributed by atoms with van der Waals surface area (Å²) in [4.78, 5) is 11.2. The molecule has 6 heteroatoms. The number of thioether (sulfide) groups is 1. The summed E-state index contributed by atoms with van der Waals surface area (Å²) >= 11 is 1.39. The van der Waals surface area contributed by atoms with Crippen molar-refractivity contribution in [3.05, 3.63) is 10.5 Å². The lowest BCUT2D eigenvalue weighted by Crippen LogP contribution is -2.19. The first-order chi connectivity index (χ1) is 6.56. The van der Waals surface area contributed by atoms with Gasteiger partial charge in [-0.3, -0.25) is 4.57 Å². The first-order valence-corrected chi connectivity index (χ1v) is 5.44. The Balaban J connectivity index is 2.81. The highest BCUT2D eigenvalue weighted by atomic mass is 32.2. The zero-order chi connectivity index (χ0) is 10.7. The van der Waals surface area contributed by atoms with Gasteiger partial charge in [0.1, 0.15) is 0 Å². The molecule has 2 atom stereocenters. The van der Waals surface area contributed by atoms with Crippen LogP contribution in [0.4, 0.5) is 0 Å². The first-order valence-electron chi connectivity index (χ1n) is 4.56. The fraction of sp³-hybridized carbons (Fsp3) is 0.750. The number of aromatic nitrogens is 3. The Morgan fingerprint density at radius 3 is 2.79 bits per heavy atom. The average molecular weight is 217 g/mol. The summed E-state index contributed by atoms with van der Waals surface area (Å²) < 4.78 is 1.55. The van der Waals surface area contributed by atoms with Crippen LogP contribution in [-0.4, -0.2) is 31.2 Å². The standard InChI is InChI=1S/C8H15N3O2S/c1-4-11-7(13)9-10-8(11)14-6(3)5(2)12/h5-6,12H,4H2,1-3H3,(H,9,13). The molecule has 0 fully saturated rings. The Hall–Kier alpha value is -0.750. The van der Waals surface area contributed by atoms with Crippen LogP contribution in [0.15, 0.2) is 9.95 Å². The van der Waals surface area contributed by atoms with Crippen molar-refractivity contribution >= 4 is 11.8 Å². The van der Waals surface area contributed by atoms with E-state index >= 15 is 0 Å². The number of nitrogens with zero attached hydrogens (tertiary/aromatic N) is 2. The third-order valence-corrected chi connectivity index (χ3v) is 3.30. The molecule has 2 N–H and O–H groups in total. The van der Waals surface area contributed by atoms with Crippen molar-refractivity contribution in [3.63, 3.8) is 0 Å². The predicted molar refractivity (Wildman–Crippen MR) is 55.5 cm³/mol. The molecule has 1 rings (SSSR count). The van der Waals surface area contributed by atoms with E-state index in [9.17, 15) is 9.90 Å². The van der Waals surface area contributed by atoms with Crippen LogP contribution in [0.25, 0.3) is 0 Å². The van der Waals surface area contributed by atoms with Crippen LogP contribution < -0.4 is 5.69 Å². The topological polar surface area (TPSA) is 70.9 Å². The second kappa shape index (κ2) is 4.65. The SMILES string of the molecule is CCn1c(SC(C)C(C)O)n[nH]c1=O. The van der Waals surface area contributed by atoms with Gasteiger partial charge in [0.05, 0.1) is 6.10 Å². The van der Waals surface area contributed by atoms with Gasteiger partial charge in [0.25, 0.3) is 0 Å². The molecule has 2 unspecified atom stereocenters. The second-order valence-corrected chi connectivity index (χ2v) is 4.46. The van der Waals surface area contributed by atoms with Crippen molar-refractivity contribution in [1.82, 2.24) is 14.8 Å². The van der Waals surface area contributed by atoms with E-state index in [4.69, 9.17) is 0 Å². The van der Waals surface area contributed by atoms with Crippen molar-refractivity contribution in [2.45, 2.75) is 43.8 Å². The highest BCUT2D eigenvalue weighted by molar-refractivity contribution is 7.99. The van der Waals surface area contributed by atoms with E-state index in [1.54, 1.807) is 11.5 Å². The van der Waals surface area contributed by atoms with Gasteiger partial charge in [0.2, 0.25) is 0 Å². The van der Waals surface area contributed by atoms with Gasteiger partial charge >= 0.3 is 5.69 Å². The lowest BCUT2D eigenvalue weighted by Gasteiger charge is -2.12. The van der Waals surface area contributed by atoms with E-state index in [0.717, 1.165) is 0 Å². The Morgan fingerprint density at radius 1 is 1.64 bits per heavy atom. The van der Waals surface area contributed by atoms with Crippen LogP contribution in [0.5, 0.6) is 0 Å². The average Bonchev–Trinajstić information content (AvgIpc) is 2.46. The molecule has 0 spiro atoms. The minimum absolute atomic E-state index is 0.0236. The first kappa shape index (κ1) is 11.3. The van der Waals surface area contributed by atoms with Gasteiger partial charge in [-0.1, -0.05) is 18.7 Å². The van der Waals surface area contributed by atoms with Crippen LogP contribution in [0.2, 0.25) is 0 Å². The van der Waals surface area contributed by atoms with E-state index < -0.39 is 6.10 Å². The summed E-state index contributed by atoms with van der Waals surface area (Å²) in [7, 11) is 0. The molecule has 80 valence electrons. The maximum Gasteiger partial charge on any atom is 0.343 e. The van der Waals surface area contributed by atoms with Crippen LogP contribution in [0.3, 0.4) is 0 Å². The number of H-pyrrole nitrogens is 1.